The summed E-state index contributed by atoms with van der Waals surface area (Å²) < 4.78 is 0. The smallest absolute Gasteiger partial charge is 0.246 e. The molecule has 2 fully saturated rings. The number of hydrogen-bond acceptors (Lipinski definition) is 3. The predicted octanol–water partition coefficient (Wildman–Crippen LogP) is 1.70. The summed E-state index contributed by atoms with van der Waals surface area (Å²) in [5.41, 5.74) is 0. The third-order valence-electron chi connectivity index (χ3n) is 4.15. The van der Waals surface area contributed by atoms with Crippen molar-refractivity contribution in [3.8, 4) is 0 Å². The molecular weight excluding hydrogens is 272 g/mol. The molecule has 0 saturated carbocycles. The van der Waals surface area contributed by atoms with Gasteiger partial charge < -0.3 is 9.80 Å². The molecule has 0 radical (unpaired) electrons. The molecule has 0 aromatic carbocycles. The molecule has 2 amide bonds. The standard InChI is InChI=1S/C15H18N2O2S/c1-2-16-8-11-9-17(10-13(11)15(16)19)14(18)6-5-12-4-3-7-20-12/h3-7,11,13H,2,8-10H2,1H3/b6-5+/t11-,13+/m1/s1. The van der Waals surface area contributed by atoms with Crippen molar-refractivity contribution < 1.29 is 9.59 Å². The van der Waals surface area contributed by atoms with E-state index in [2.05, 4.69) is 0 Å². The van der Waals surface area contributed by atoms with Gasteiger partial charge in [-0.2, -0.15) is 0 Å². The lowest BCUT2D eigenvalue weighted by Gasteiger charge is -2.19. The summed E-state index contributed by atoms with van der Waals surface area (Å²) in [6, 6.07) is 3.95. The van der Waals surface area contributed by atoms with Gasteiger partial charge in [0, 0.05) is 43.1 Å². The lowest BCUT2D eigenvalue weighted by atomic mass is 10.0. The van der Waals surface area contributed by atoms with Crippen LogP contribution in [0.4, 0.5) is 0 Å². The van der Waals surface area contributed by atoms with Crippen LogP contribution in [0.2, 0.25) is 0 Å². The highest BCUT2D eigenvalue weighted by Crippen LogP contribution is 2.32. The van der Waals surface area contributed by atoms with Crippen molar-refractivity contribution in [1.82, 2.24) is 9.80 Å². The van der Waals surface area contributed by atoms with Crippen LogP contribution in [-0.4, -0.2) is 47.8 Å². The fourth-order valence-corrected chi connectivity index (χ4v) is 3.67. The Kier molecular flexibility index (Phi) is 3.61. The van der Waals surface area contributed by atoms with Crippen LogP contribution in [0.15, 0.2) is 23.6 Å². The first kappa shape index (κ1) is 13.4. The van der Waals surface area contributed by atoms with Gasteiger partial charge in [0.05, 0.1) is 5.92 Å². The van der Waals surface area contributed by atoms with Crippen molar-refractivity contribution in [1.29, 1.82) is 0 Å². The second-order valence-electron chi connectivity index (χ2n) is 5.34. The minimum atomic E-state index is 0.0173. The van der Waals surface area contributed by atoms with Gasteiger partial charge >= 0.3 is 0 Å². The predicted molar refractivity (Wildman–Crippen MR) is 79.2 cm³/mol. The van der Waals surface area contributed by atoms with Gasteiger partial charge in [-0.15, -0.1) is 11.3 Å². The average Bonchev–Trinajstić information content (AvgIpc) is 3.14. The number of hydrogen-bond donors (Lipinski definition) is 0. The van der Waals surface area contributed by atoms with Crippen LogP contribution in [0.25, 0.3) is 6.08 Å². The van der Waals surface area contributed by atoms with E-state index in [0.717, 1.165) is 18.0 Å². The summed E-state index contributed by atoms with van der Waals surface area (Å²) >= 11 is 1.61. The first-order valence-electron chi connectivity index (χ1n) is 6.98. The molecule has 0 bridgehead atoms. The van der Waals surface area contributed by atoms with Gasteiger partial charge in [0.25, 0.3) is 0 Å². The number of fused-ring (bicyclic) bond motifs is 1. The number of nitrogens with zero attached hydrogens (tertiary/aromatic N) is 2. The molecule has 2 saturated heterocycles. The van der Waals surface area contributed by atoms with Crippen LogP contribution in [-0.2, 0) is 9.59 Å². The largest absolute Gasteiger partial charge is 0.342 e. The third-order valence-corrected chi connectivity index (χ3v) is 4.99. The minimum Gasteiger partial charge on any atom is -0.342 e. The Morgan fingerprint density at radius 2 is 2.30 bits per heavy atom. The Balaban J connectivity index is 1.61. The number of rotatable bonds is 3. The van der Waals surface area contributed by atoms with E-state index in [1.54, 1.807) is 17.4 Å². The van der Waals surface area contributed by atoms with E-state index in [0.29, 0.717) is 19.0 Å². The summed E-state index contributed by atoms with van der Waals surface area (Å²) in [5, 5.41) is 1.99. The van der Waals surface area contributed by atoms with Gasteiger partial charge in [0.2, 0.25) is 11.8 Å². The minimum absolute atomic E-state index is 0.0173. The summed E-state index contributed by atoms with van der Waals surface area (Å²) in [7, 11) is 0. The maximum absolute atomic E-state index is 12.1. The van der Waals surface area contributed by atoms with Crippen molar-refractivity contribution in [2.45, 2.75) is 6.92 Å². The second-order valence-corrected chi connectivity index (χ2v) is 6.31. The molecule has 2 aliphatic rings. The first-order valence-corrected chi connectivity index (χ1v) is 7.86. The fourth-order valence-electron chi connectivity index (χ4n) is 3.05. The number of carbonyl (C=O) groups excluding carboxylic acids is 2. The van der Waals surface area contributed by atoms with Crippen LogP contribution in [0.5, 0.6) is 0 Å². The molecule has 1 aromatic rings. The fraction of sp³-hybridized carbons (Fsp3) is 0.467. The first-order chi connectivity index (χ1) is 9.69. The zero-order valence-corrected chi connectivity index (χ0v) is 12.3. The summed E-state index contributed by atoms with van der Waals surface area (Å²) in [6.07, 6.45) is 3.47. The SMILES string of the molecule is CCN1C[C@@H]2CN(C(=O)/C=C/c3cccs3)C[C@@H]2C1=O. The molecule has 106 valence electrons. The number of likely N-dealkylation sites (tertiary alicyclic amines) is 2. The second kappa shape index (κ2) is 5.40. The van der Waals surface area contributed by atoms with Crippen LogP contribution in [0.3, 0.4) is 0 Å². The Labute approximate surface area is 122 Å². The molecule has 2 aliphatic heterocycles. The maximum Gasteiger partial charge on any atom is 0.246 e. The van der Waals surface area contributed by atoms with Gasteiger partial charge in [0.15, 0.2) is 0 Å². The third kappa shape index (κ3) is 2.38. The monoisotopic (exact) mass is 290 g/mol. The topological polar surface area (TPSA) is 40.6 Å². The number of amides is 2. The average molecular weight is 290 g/mol. The molecule has 0 aliphatic carbocycles. The quantitative estimate of drug-likeness (QED) is 0.795. The zero-order valence-electron chi connectivity index (χ0n) is 11.5. The maximum atomic E-state index is 12.1. The Hall–Kier alpha value is -1.62. The van der Waals surface area contributed by atoms with E-state index < -0.39 is 0 Å². The van der Waals surface area contributed by atoms with E-state index in [1.165, 1.54) is 0 Å². The van der Waals surface area contributed by atoms with E-state index in [-0.39, 0.29) is 17.7 Å². The lowest BCUT2D eigenvalue weighted by Crippen LogP contribution is -2.34. The van der Waals surface area contributed by atoms with Gasteiger partial charge in [-0.1, -0.05) is 6.07 Å². The summed E-state index contributed by atoms with van der Waals surface area (Å²) in [4.78, 5) is 29.0. The molecule has 0 N–H and O–H groups in total. The van der Waals surface area contributed by atoms with Crippen molar-refractivity contribution in [2.24, 2.45) is 11.8 Å². The Morgan fingerprint density at radius 1 is 1.45 bits per heavy atom. The molecular formula is C15H18N2O2S. The summed E-state index contributed by atoms with van der Waals surface area (Å²) in [5.74, 6) is 0.578. The molecule has 0 spiro atoms. The molecule has 4 nitrogen and oxygen atoms in total. The van der Waals surface area contributed by atoms with Gasteiger partial charge in [-0.05, 0) is 24.4 Å². The van der Waals surface area contributed by atoms with Crippen LogP contribution < -0.4 is 0 Å². The van der Waals surface area contributed by atoms with Gasteiger partial charge in [-0.25, -0.2) is 0 Å². The van der Waals surface area contributed by atoms with E-state index in [4.69, 9.17) is 0 Å². The number of thiophene rings is 1. The van der Waals surface area contributed by atoms with E-state index in [1.807, 2.05) is 40.3 Å². The number of carbonyl (C=O) groups is 2. The molecule has 3 rings (SSSR count). The van der Waals surface area contributed by atoms with Crippen molar-refractivity contribution >= 4 is 29.2 Å². The molecule has 0 unspecified atom stereocenters. The highest BCUT2D eigenvalue weighted by molar-refractivity contribution is 7.10. The van der Waals surface area contributed by atoms with Crippen molar-refractivity contribution in [3.63, 3.8) is 0 Å². The Bertz CT molecular complexity index is 538. The van der Waals surface area contributed by atoms with E-state index in [9.17, 15) is 9.59 Å². The summed E-state index contributed by atoms with van der Waals surface area (Å²) in [6.45, 7) is 4.87. The van der Waals surface area contributed by atoms with Gasteiger partial charge in [-0.3, -0.25) is 9.59 Å². The highest BCUT2D eigenvalue weighted by atomic mass is 32.1. The molecule has 3 heterocycles. The van der Waals surface area contributed by atoms with Crippen LogP contribution in [0, 0.1) is 11.8 Å². The normalized spacial score (nSPS) is 25.8. The van der Waals surface area contributed by atoms with Crippen molar-refractivity contribution in [2.75, 3.05) is 26.2 Å². The Morgan fingerprint density at radius 3 is 2.95 bits per heavy atom. The highest BCUT2D eigenvalue weighted by Gasteiger charge is 2.46. The molecule has 1 aromatic heterocycles. The zero-order chi connectivity index (χ0) is 14.1. The van der Waals surface area contributed by atoms with Crippen LogP contribution in [0.1, 0.15) is 11.8 Å². The van der Waals surface area contributed by atoms with Crippen molar-refractivity contribution in [3.05, 3.63) is 28.5 Å². The van der Waals surface area contributed by atoms with Gasteiger partial charge in [0.1, 0.15) is 0 Å². The molecule has 2 atom stereocenters. The van der Waals surface area contributed by atoms with Crippen LogP contribution >= 0.6 is 11.3 Å². The lowest BCUT2D eigenvalue weighted by molar-refractivity contribution is -0.131. The molecule has 5 heteroatoms. The molecule has 20 heavy (non-hydrogen) atoms. The van der Waals surface area contributed by atoms with E-state index >= 15 is 0 Å².